The van der Waals surface area contributed by atoms with E-state index in [4.69, 9.17) is 4.74 Å². The first-order valence-electron chi connectivity index (χ1n) is 3.94. The zero-order valence-corrected chi connectivity index (χ0v) is 7.37. The Bertz CT molecular complexity index is 172. The van der Waals surface area contributed by atoms with Crippen molar-refractivity contribution in [3.63, 3.8) is 0 Å². The van der Waals surface area contributed by atoms with Gasteiger partial charge in [-0.05, 0) is 0 Å². The predicted molar refractivity (Wildman–Crippen MR) is 46.2 cm³/mol. The average molecular weight is 173 g/mol. The molecule has 5 heteroatoms. The molecule has 0 aromatic rings. The number of aliphatic hydroxyl groups excluding tert-OH is 1. The predicted octanol–water partition coefficient (Wildman–Crippen LogP) is -1.46. The fourth-order valence-electron chi connectivity index (χ4n) is 1.10. The van der Waals surface area contributed by atoms with Gasteiger partial charge in [0.2, 0.25) is 0 Å². The molecule has 0 amide bonds. The van der Waals surface area contributed by atoms with Gasteiger partial charge >= 0.3 is 0 Å². The highest BCUT2D eigenvalue weighted by atomic mass is 16.5. The monoisotopic (exact) mass is 173 g/mol. The highest BCUT2D eigenvalue weighted by Gasteiger charge is 2.26. The molecule has 12 heavy (non-hydrogen) atoms. The van der Waals surface area contributed by atoms with Crippen LogP contribution in [0.4, 0.5) is 0 Å². The van der Waals surface area contributed by atoms with Crippen molar-refractivity contribution in [1.29, 1.82) is 0 Å². The lowest BCUT2D eigenvalue weighted by atomic mass is 10.2. The van der Waals surface area contributed by atoms with Crippen LogP contribution in [-0.4, -0.2) is 50.5 Å². The van der Waals surface area contributed by atoms with E-state index in [1.165, 1.54) is 0 Å². The first-order chi connectivity index (χ1) is 5.77. The molecular weight excluding hydrogens is 158 g/mol. The highest BCUT2D eigenvalue weighted by Crippen LogP contribution is 2.04. The smallest absolute Gasteiger partial charge is 0.191 e. The maximum Gasteiger partial charge on any atom is 0.191 e. The first kappa shape index (κ1) is 9.28. The second-order valence-corrected chi connectivity index (χ2v) is 2.68. The highest BCUT2D eigenvalue weighted by molar-refractivity contribution is 5.79. The van der Waals surface area contributed by atoms with Crippen molar-refractivity contribution in [1.82, 2.24) is 10.6 Å². The van der Waals surface area contributed by atoms with Gasteiger partial charge in [-0.2, -0.15) is 0 Å². The third kappa shape index (κ3) is 2.09. The molecule has 2 atom stereocenters. The van der Waals surface area contributed by atoms with Crippen LogP contribution in [-0.2, 0) is 4.74 Å². The summed E-state index contributed by atoms with van der Waals surface area (Å²) in [6.07, 6.45) is -0.435. The van der Waals surface area contributed by atoms with Crippen molar-refractivity contribution in [2.45, 2.75) is 12.1 Å². The Kier molecular flexibility index (Phi) is 3.31. The minimum atomic E-state index is -0.435. The Labute approximate surface area is 71.8 Å². The van der Waals surface area contributed by atoms with Crippen molar-refractivity contribution in [2.75, 3.05) is 27.3 Å². The lowest BCUT2D eigenvalue weighted by Crippen LogP contribution is -2.47. The second-order valence-electron chi connectivity index (χ2n) is 2.68. The number of hydrogen-bond acceptors (Lipinski definition) is 3. The molecule has 0 bridgehead atoms. The maximum atomic E-state index is 9.36. The van der Waals surface area contributed by atoms with Crippen LogP contribution in [0.25, 0.3) is 0 Å². The standard InChI is InChI=1S/C7H15N3O2/c1-8-7(9-2)10-5-3-12-4-6(5)11/h5-6,11H,3-4H2,1-2H3,(H2,8,9,10)/t5-,6-/m1/s1. The molecule has 0 radical (unpaired) electrons. The Morgan fingerprint density at radius 3 is 2.75 bits per heavy atom. The first-order valence-corrected chi connectivity index (χ1v) is 3.94. The topological polar surface area (TPSA) is 65.9 Å². The Hall–Kier alpha value is -0.810. The van der Waals surface area contributed by atoms with Crippen LogP contribution in [0.1, 0.15) is 0 Å². The molecule has 1 rings (SSSR count). The van der Waals surface area contributed by atoms with Crippen molar-refractivity contribution in [3.05, 3.63) is 0 Å². The molecule has 70 valence electrons. The summed E-state index contributed by atoms with van der Waals surface area (Å²) >= 11 is 0. The number of aliphatic hydroxyl groups is 1. The Balaban J connectivity index is 2.39. The molecule has 0 aliphatic carbocycles. The minimum absolute atomic E-state index is 0.0452. The van der Waals surface area contributed by atoms with E-state index in [2.05, 4.69) is 15.6 Å². The van der Waals surface area contributed by atoms with Crippen molar-refractivity contribution >= 4 is 5.96 Å². The molecule has 1 heterocycles. The summed E-state index contributed by atoms with van der Waals surface area (Å²) in [5.74, 6) is 0.671. The lowest BCUT2D eigenvalue weighted by Gasteiger charge is -2.16. The molecule has 1 aliphatic rings. The molecule has 1 saturated heterocycles. The number of guanidine groups is 1. The SMILES string of the molecule is CN=C(NC)N[C@@H]1COC[C@H]1O. The number of nitrogens with one attached hydrogen (secondary N) is 2. The maximum absolute atomic E-state index is 9.36. The fraction of sp³-hybridized carbons (Fsp3) is 0.857. The van der Waals surface area contributed by atoms with Crippen LogP contribution in [0.5, 0.6) is 0 Å². The molecule has 3 N–H and O–H groups in total. The van der Waals surface area contributed by atoms with Crippen LogP contribution < -0.4 is 10.6 Å². The quantitative estimate of drug-likeness (QED) is 0.335. The zero-order chi connectivity index (χ0) is 8.97. The number of rotatable bonds is 1. The van der Waals surface area contributed by atoms with E-state index in [9.17, 15) is 5.11 Å². The van der Waals surface area contributed by atoms with Gasteiger partial charge in [0, 0.05) is 14.1 Å². The van der Waals surface area contributed by atoms with Crippen molar-refractivity contribution in [3.8, 4) is 0 Å². The van der Waals surface area contributed by atoms with E-state index in [0.717, 1.165) is 0 Å². The van der Waals surface area contributed by atoms with E-state index in [0.29, 0.717) is 19.2 Å². The van der Waals surface area contributed by atoms with Gasteiger partial charge in [0.1, 0.15) is 0 Å². The van der Waals surface area contributed by atoms with Gasteiger partial charge in [-0.25, -0.2) is 0 Å². The normalized spacial score (nSPS) is 30.4. The van der Waals surface area contributed by atoms with Crippen LogP contribution in [0.15, 0.2) is 4.99 Å². The molecule has 0 saturated carbocycles. The average Bonchev–Trinajstić information content (AvgIpc) is 2.47. The molecule has 0 spiro atoms. The van der Waals surface area contributed by atoms with Crippen LogP contribution in [0, 0.1) is 0 Å². The van der Waals surface area contributed by atoms with Crippen molar-refractivity contribution < 1.29 is 9.84 Å². The Morgan fingerprint density at radius 2 is 2.33 bits per heavy atom. The van der Waals surface area contributed by atoms with Gasteiger partial charge in [-0.15, -0.1) is 0 Å². The van der Waals surface area contributed by atoms with E-state index >= 15 is 0 Å². The molecule has 5 nitrogen and oxygen atoms in total. The molecular formula is C7H15N3O2. The van der Waals surface area contributed by atoms with Gasteiger partial charge in [-0.3, -0.25) is 4.99 Å². The second kappa shape index (κ2) is 4.27. The summed E-state index contributed by atoms with van der Waals surface area (Å²) in [5.41, 5.74) is 0. The van der Waals surface area contributed by atoms with E-state index in [1.54, 1.807) is 14.1 Å². The van der Waals surface area contributed by atoms with Gasteiger partial charge in [0.05, 0.1) is 25.4 Å². The fourth-order valence-corrected chi connectivity index (χ4v) is 1.10. The molecule has 0 unspecified atom stereocenters. The third-order valence-electron chi connectivity index (χ3n) is 1.83. The van der Waals surface area contributed by atoms with E-state index < -0.39 is 6.10 Å². The number of aliphatic imine (C=N–C) groups is 1. The largest absolute Gasteiger partial charge is 0.388 e. The van der Waals surface area contributed by atoms with Crippen LogP contribution in [0.3, 0.4) is 0 Å². The van der Waals surface area contributed by atoms with Gasteiger partial charge in [0.15, 0.2) is 5.96 Å². The van der Waals surface area contributed by atoms with E-state index in [1.807, 2.05) is 0 Å². The number of ether oxygens (including phenoxy) is 1. The molecule has 1 fully saturated rings. The summed E-state index contributed by atoms with van der Waals surface area (Å²) in [7, 11) is 3.46. The van der Waals surface area contributed by atoms with Crippen LogP contribution >= 0.6 is 0 Å². The van der Waals surface area contributed by atoms with Crippen LogP contribution in [0.2, 0.25) is 0 Å². The molecule has 0 aromatic heterocycles. The summed E-state index contributed by atoms with van der Waals surface area (Å²) in [6, 6.07) is -0.0452. The Morgan fingerprint density at radius 1 is 1.58 bits per heavy atom. The van der Waals surface area contributed by atoms with Gasteiger partial charge in [0.25, 0.3) is 0 Å². The van der Waals surface area contributed by atoms with Gasteiger partial charge < -0.3 is 20.5 Å². The summed E-state index contributed by atoms with van der Waals surface area (Å²) in [6.45, 7) is 0.931. The van der Waals surface area contributed by atoms with E-state index in [-0.39, 0.29) is 6.04 Å². The minimum Gasteiger partial charge on any atom is -0.388 e. The summed E-state index contributed by atoms with van der Waals surface area (Å²) in [4.78, 5) is 3.93. The molecule has 1 aliphatic heterocycles. The van der Waals surface area contributed by atoms with Gasteiger partial charge in [-0.1, -0.05) is 0 Å². The number of nitrogens with zero attached hydrogens (tertiary/aromatic N) is 1. The summed E-state index contributed by atoms with van der Waals surface area (Å²) in [5, 5.41) is 15.3. The third-order valence-corrected chi connectivity index (χ3v) is 1.83. The molecule has 0 aromatic carbocycles. The lowest BCUT2D eigenvalue weighted by molar-refractivity contribution is 0.123. The number of hydrogen-bond donors (Lipinski definition) is 3. The van der Waals surface area contributed by atoms with Crippen molar-refractivity contribution in [2.24, 2.45) is 4.99 Å². The summed E-state index contributed by atoms with van der Waals surface area (Å²) < 4.78 is 5.06. The zero-order valence-electron chi connectivity index (χ0n) is 7.37.